The average Bonchev–Trinajstić information content (AvgIpc) is 2.19. The van der Waals surface area contributed by atoms with Crippen molar-refractivity contribution in [2.75, 3.05) is 6.54 Å². The predicted molar refractivity (Wildman–Crippen MR) is 65.6 cm³/mol. The van der Waals surface area contributed by atoms with Gasteiger partial charge < -0.3 is 5.32 Å². The van der Waals surface area contributed by atoms with E-state index < -0.39 is 0 Å². The lowest BCUT2D eigenvalue weighted by atomic mass is 9.73. The van der Waals surface area contributed by atoms with Gasteiger partial charge in [-0.2, -0.15) is 0 Å². The molecule has 1 fully saturated rings. The number of allylic oxidation sites excluding steroid dienone is 1. The van der Waals surface area contributed by atoms with E-state index in [1.54, 1.807) is 6.07 Å². The van der Waals surface area contributed by atoms with Gasteiger partial charge in [-0.05, 0) is 17.9 Å². The fraction of sp³-hybridized carbons (Fsp3) is 0.429. The van der Waals surface area contributed by atoms with Crippen LogP contribution in [0.1, 0.15) is 37.9 Å². The number of benzene rings is 1. The molecule has 1 N–H and O–H groups in total. The van der Waals surface area contributed by atoms with Crippen LogP contribution in [0.25, 0.3) is 5.57 Å². The van der Waals surface area contributed by atoms with Crippen LogP contribution >= 0.6 is 0 Å². The summed E-state index contributed by atoms with van der Waals surface area (Å²) in [6.45, 7) is 10.9. The van der Waals surface area contributed by atoms with Crippen LogP contribution in [-0.2, 0) is 0 Å². The van der Waals surface area contributed by atoms with E-state index in [2.05, 4.69) is 25.7 Å². The minimum absolute atomic E-state index is 0.117. The maximum absolute atomic E-state index is 14.2. The Balaban J connectivity index is 2.43. The van der Waals surface area contributed by atoms with Gasteiger partial charge in [0.15, 0.2) is 0 Å². The lowest BCUT2D eigenvalue weighted by Gasteiger charge is -2.46. The van der Waals surface area contributed by atoms with E-state index in [0.29, 0.717) is 5.56 Å². The number of nitrogens with one attached hydrogen (secondary N) is 1. The minimum atomic E-state index is -0.125. The van der Waals surface area contributed by atoms with Gasteiger partial charge in [0.25, 0.3) is 0 Å². The Bertz CT molecular complexity index is 434. The summed E-state index contributed by atoms with van der Waals surface area (Å²) in [6.07, 6.45) is 0. The number of halogens is 1. The molecule has 0 saturated carbocycles. The zero-order valence-corrected chi connectivity index (χ0v) is 10.1. The molecule has 1 aromatic rings. The van der Waals surface area contributed by atoms with E-state index in [1.165, 1.54) is 0 Å². The van der Waals surface area contributed by atoms with Crippen LogP contribution in [0.3, 0.4) is 0 Å². The summed E-state index contributed by atoms with van der Waals surface area (Å²) in [5, 5.41) is 3.29. The molecule has 86 valence electrons. The molecule has 1 aliphatic heterocycles. The van der Waals surface area contributed by atoms with E-state index in [-0.39, 0.29) is 17.3 Å². The smallest absolute Gasteiger partial charge is 0.135 e. The highest BCUT2D eigenvalue weighted by Crippen LogP contribution is 2.41. The molecule has 1 nitrogen and oxygen atoms in total. The largest absolute Gasteiger partial charge is 0.309 e. The normalized spacial score (nSPS) is 22.6. The first-order valence-electron chi connectivity index (χ1n) is 5.61. The molecule has 1 heterocycles. The van der Waals surface area contributed by atoms with Crippen LogP contribution < -0.4 is 5.32 Å². The van der Waals surface area contributed by atoms with Crippen LogP contribution in [0.2, 0.25) is 0 Å². The summed E-state index contributed by atoms with van der Waals surface area (Å²) >= 11 is 0. The highest BCUT2D eigenvalue weighted by molar-refractivity contribution is 5.62. The lowest BCUT2D eigenvalue weighted by Crippen LogP contribution is -2.52. The van der Waals surface area contributed by atoms with Gasteiger partial charge in [-0.1, -0.05) is 38.6 Å². The number of hydrogen-bond donors (Lipinski definition) is 1. The molecular formula is C14H18FN. The van der Waals surface area contributed by atoms with Crippen molar-refractivity contribution >= 4 is 5.57 Å². The third-order valence-electron chi connectivity index (χ3n) is 3.34. The molecule has 1 atom stereocenters. The molecule has 1 unspecified atom stereocenters. The summed E-state index contributed by atoms with van der Waals surface area (Å²) in [4.78, 5) is 0. The van der Waals surface area contributed by atoms with Crippen molar-refractivity contribution in [1.82, 2.24) is 5.32 Å². The topological polar surface area (TPSA) is 12.0 Å². The zero-order chi connectivity index (χ0) is 11.9. The fourth-order valence-electron chi connectivity index (χ4n) is 2.25. The molecule has 2 rings (SSSR count). The first-order chi connectivity index (χ1) is 7.43. The Morgan fingerprint density at radius 2 is 2.19 bits per heavy atom. The third kappa shape index (κ3) is 1.67. The number of hydrogen-bond acceptors (Lipinski definition) is 1. The molecule has 0 aliphatic carbocycles. The summed E-state index contributed by atoms with van der Waals surface area (Å²) < 4.78 is 14.2. The second-order valence-electron chi connectivity index (χ2n) is 5.29. The highest BCUT2D eigenvalue weighted by Gasteiger charge is 2.40. The SMILES string of the molecule is C=C(C)c1cccc(C2NCC2(C)C)c1F. The van der Waals surface area contributed by atoms with Crippen molar-refractivity contribution < 1.29 is 4.39 Å². The Labute approximate surface area is 96.4 Å². The summed E-state index contributed by atoms with van der Waals surface area (Å²) in [7, 11) is 0. The Morgan fingerprint density at radius 1 is 1.50 bits per heavy atom. The molecule has 1 aliphatic rings. The zero-order valence-electron chi connectivity index (χ0n) is 10.1. The molecule has 0 amide bonds. The molecule has 0 aromatic heterocycles. The summed E-state index contributed by atoms with van der Waals surface area (Å²) in [5.41, 5.74) is 2.30. The van der Waals surface area contributed by atoms with Gasteiger partial charge in [0.05, 0.1) is 0 Å². The molecule has 0 radical (unpaired) electrons. The number of rotatable bonds is 2. The van der Waals surface area contributed by atoms with Crippen LogP contribution in [0.4, 0.5) is 4.39 Å². The van der Waals surface area contributed by atoms with Gasteiger partial charge in [0.1, 0.15) is 5.82 Å². The predicted octanol–water partition coefficient (Wildman–Crippen LogP) is 3.53. The third-order valence-corrected chi connectivity index (χ3v) is 3.34. The van der Waals surface area contributed by atoms with Crippen molar-refractivity contribution in [3.05, 3.63) is 41.7 Å². The molecule has 16 heavy (non-hydrogen) atoms. The van der Waals surface area contributed by atoms with Crippen molar-refractivity contribution in [1.29, 1.82) is 0 Å². The molecule has 2 heteroatoms. The van der Waals surface area contributed by atoms with Crippen molar-refractivity contribution in [3.8, 4) is 0 Å². The van der Waals surface area contributed by atoms with E-state index in [0.717, 1.165) is 17.7 Å². The minimum Gasteiger partial charge on any atom is -0.309 e. The molecule has 0 spiro atoms. The van der Waals surface area contributed by atoms with E-state index in [9.17, 15) is 4.39 Å². The Kier molecular flexibility index (Phi) is 2.62. The Morgan fingerprint density at radius 3 is 2.62 bits per heavy atom. The Hall–Kier alpha value is -1.15. The molecular weight excluding hydrogens is 201 g/mol. The quantitative estimate of drug-likeness (QED) is 0.802. The van der Waals surface area contributed by atoms with Crippen LogP contribution in [0.15, 0.2) is 24.8 Å². The highest BCUT2D eigenvalue weighted by atomic mass is 19.1. The summed E-state index contributed by atoms with van der Waals surface area (Å²) in [6, 6.07) is 5.66. The average molecular weight is 219 g/mol. The van der Waals surface area contributed by atoms with Crippen molar-refractivity contribution in [2.24, 2.45) is 5.41 Å². The van der Waals surface area contributed by atoms with Gasteiger partial charge in [-0.25, -0.2) is 4.39 Å². The molecule has 0 bridgehead atoms. The van der Waals surface area contributed by atoms with Gasteiger partial charge >= 0.3 is 0 Å². The van der Waals surface area contributed by atoms with E-state index in [1.807, 2.05) is 19.1 Å². The standard InChI is InChI=1S/C14H18FN/c1-9(2)10-6-5-7-11(12(10)15)13-14(3,4)8-16-13/h5-7,13,16H,1,8H2,2-4H3. The lowest BCUT2D eigenvalue weighted by molar-refractivity contribution is 0.125. The van der Waals surface area contributed by atoms with E-state index in [4.69, 9.17) is 0 Å². The van der Waals surface area contributed by atoms with Gasteiger partial charge in [-0.3, -0.25) is 0 Å². The monoisotopic (exact) mass is 219 g/mol. The maximum atomic E-state index is 14.2. The molecule has 1 aromatic carbocycles. The van der Waals surface area contributed by atoms with E-state index >= 15 is 0 Å². The fourth-order valence-corrected chi connectivity index (χ4v) is 2.25. The first-order valence-corrected chi connectivity index (χ1v) is 5.61. The second-order valence-corrected chi connectivity index (χ2v) is 5.29. The summed E-state index contributed by atoms with van der Waals surface area (Å²) in [5.74, 6) is -0.125. The van der Waals surface area contributed by atoms with Crippen LogP contribution in [-0.4, -0.2) is 6.54 Å². The van der Waals surface area contributed by atoms with Gasteiger partial charge in [-0.15, -0.1) is 0 Å². The van der Waals surface area contributed by atoms with Gasteiger partial charge in [0, 0.05) is 23.7 Å². The maximum Gasteiger partial charge on any atom is 0.135 e. The first kappa shape index (κ1) is 11.3. The van der Waals surface area contributed by atoms with Crippen LogP contribution in [0.5, 0.6) is 0 Å². The van der Waals surface area contributed by atoms with Crippen LogP contribution in [0, 0.1) is 11.2 Å². The molecule has 1 saturated heterocycles. The van der Waals surface area contributed by atoms with Gasteiger partial charge in [0.2, 0.25) is 0 Å². The van der Waals surface area contributed by atoms with Crippen molar-refractivity contribution in [3.63, 3.8) is 0 Å². The van der Waals surface area contributed by atoms with Crippen molar-refractivity contribution in [2.45, 2.75) is 26.8 Å². The second kappa shape index (κ2) is 3.70.